The standard InChI is InChI=1S/C39H41FN2O3/c1-25(43)42-35(38(44)45-24-26-9-3-2-4-10-26)18-32-31-12-6-8-14-34(31)41(23-30-11-5-7-13-33(30)40)37(32)36(42)22-39-19-27-15-28(20-39)17-29(16-27)21-39/h2-14,27-29,35-36H,15-24H2,1H3/t27?,28?,29?,35-,36+,39?/m0/s1. The third-order valence-corrected chi connectivity index (χ3v) is 11.4. The minimum absolute atomic E-state index is 0.111. The summed E-state index contributed by atoms with van der Waals surface area (Å²) in [5.41, 5.74) is 4.87. The Kier molecular flexibility index (Phi) is 7.07. The lowest BCUT2D eigenvalue weighted by Crippen LogP contribution is -2.54. The van der Waals surface area contributed by atoms with Gasteiger partial charge in [-0.15, -0.1) is 0 Å². The van der Waals surface area contributed by atoms with Gasteiger partial charge in [0.25, 0.3) is 0 Å². The number of hydrogen-bond acceptors (Lipinski definition) is 3. The summed E-state index contributed by atoms with van der Waals surface area (Å²) in [4.78, 5) is 29.6. The number of carbonyl (C=O) groups excluding carboxylic acids is 2. The van der Waals surface area contributed by atoms with E-state index in [2.05, 4.69) is 16.7 Å². The Morgan fingerprint density at radius 3 is 2.20 bits per heavy atom. The highest BCUT2D eigenvalue weighted by molar-refractivity contribution is 5.90. The fourth-order valence-corrected chi connectivity index (χ4v) is 10.2. The van der Waals surface area contributed by atoms with Gasteiger partial charge >= 0.3 is 5.97 Å². The molecule has 1 aliphatic heterocycles. The highest BCUT2D eigenvalue weighted by atomic mass is 19.1. The number of rotatable bonds is 7. The number of hydrogen-bond donors (Lipinski definition) is 0. The lowest BCUT2D eigenvalue weighted by Gasteiger charge is -2.58. The lowest BCUT2D eigenvalue weighted by molar-refractivity contribution is -0.160. The second-order valence-electron chi connectivity index (χ2n) is 14.4. The van der Waals surface area contributed by atoms with Crippen molar-refractivity contribution in [2.24, 2.45) is 23.2 Å². The maximum absolute atomic E-state index is 15.2. The van der Waals surface area contributed by atoms with Crippen LogP contribution in [0.5, 0.6) is 0 Å². The number of amides is 1. The van der Waals surface area contributed by atoms with Crippen molar-refractivity contribution in [3.8, 4) is 0 Å². The van der Waals surface area contributed by atoms with Crippen LogP contribution in [0.1, 0.15) is 80.3 Å². The van der Waals surface area contributed by atoms with E-state index in [9.17, 15) is 9.59 Å². The van der Waals surface area contributed by atoms with Crippen molar-refractivity contribution in [3.63, 3.8) is 0 Å². The summed E-state index contributed by atoms with van der Waals surface area (Å²) in [5, 5.41) is 1.07. The first-order valence-electron chi connectivity index (χ1n) is 16.7. The van der Waals surface area contributed by atoms with Gasteiger partial charge in [0.1, 0.15) is 18.5 Å². The first kappa shape index (κ1) is 28.5. The molecule has 0 spiro atoms. The van der Waals surface area contributed by atoms with E-state index < -0.39 is 6.04 Å². The summed E-state index contributed by atoms with van der Waals surface area (Å²) in [7, 11) is 0. The van der Waals surface area contributed by atoms with Crippen molar-refractivity contribution >= 4 is 22.8 Å². The van der Waals surface area contributed by atoms with Crippen molar-refractivity contribution in [2.75, 3.05) is 0 Å². The molecule has 1 amide bonds. The van der Waals surface area contributed by atoms with E-state index in [0.717, 1.165) is 51.9 Å². The highest BCUT2D eigenvalue weighted by Gasteiger charge is 2.54. The molecule has 2 heterocycles. The molecule has 4 aliphatic carbocycles. The fraction of sp³-hybridized carbons (Fsp3) is 0.436. The highest BCUT2D eigenvalue weighted by Crippen LogP contribution is 2.63. The Hall–Kier alpha value is -3.93. The van der Waals surface area contributed by atoms with Gasteiger partial charge in [0.15, 0.2) is 0 Å². The van der Waals surface area contributed by atoms with Crippen molar-refractivity contribution in [2.45, 2.75) is 83.5 Å². The van der Waals surface area contributed by atoms with Crippen molar-refractivity contribution in [3.05, 3.63) is 107 Å². The Bertz CT molecular complexity index is 1730. The monoisotopic (exact) mass is 604 g/mol. The van der Waals surface area contributed by atoms with Gasteiger partial charge in [-0.1, -0.05) is 66.7 Å². The second kappa shape index (κ2) is 11.1. The number of esters is 1. The van der Waals surface area contributed by atoms with Gasteiger partial charge in [0, 0.05) is 35.5 Å². The number of benzene rings is 3. The first-order chi connectivity index (χ1) is 21.9. The molecule has 45 heavy (non-hydrogen) atoms. The zero-order chi connectivity index (χ0) is 30.7. The number of nitrogens with zero attached hydrogens (tertiary/aromatic N) is 2. The average Bonchev–Trinajstić information content (AvgIpc) is 3.33. The van der Waals surface area contributed by atoms with Crippen LogP contribution < -0.4 is 0 Å². The van der Waals surface area contributed by atoms with Crippen LogP contribution in [0.4, 0.5) is 4.39 Å². The van der Waals surface area contributed by atoms with Crippen molar-refractivity contribution < 1.29 is 18.7 Å². The summed E-state index contributed by atoms with van der Waals surface area (Å²) < 4.78 is 23.3. The van der Waals surface area contributed by atoms with E-state index >= 15 is 4.39 Å². The summed E-state index contributed by atoms with van der Waals surface area (Å²) in [6.45, 7) is 2.14. The number of carbonyl (C=O) groups is 2. The average molecular weight is 605 g/mol. The molecule has 0 radical (unpaired) electrons. The van der Waals surface area contributed by atoms with Gasteiger partial charge in [0.05, 0.1) is 12.6 Å². The molecule has 1 aromatic heterocycles. The molecule has 4 aromatic rings. The Morgan fingerprint density at radius 1 is 0.867 bits per heavy atom. The summed E-state index contributed by atoms with van der Waals surface area (Å²) >= 11 is 0. The van der Waals surface area contributed by atoms with Crippen LogP contribution in [0, 0.1) is 29.0 Å². The predicted octanol–water partition coefficient (Wildman–Crippen LogP) is 7.99. The molecule has 5 aliphatic rings. The van der Waals surface area contributed by atoms with E-state index in [1.807, 2.05) is 59.5 Å². The zero-order valence-corrected chi connectivity index (χ0v) is 26.0. The van der Waals surface area contributed by atoms with E-state index in [0.29, 0.717) is 18.5 Å². The minimum Gasteiger partial charge on any atom is -0.459 e. The smallest absolute Gasteiger partial charge is 0.329 e. The molecule has 4 bridgehead atoms. The fourth-order valence-electron chi connectivity index (χ4n) is 10.2. The van der Waals surface area contributed by atoms with E-state index in [-0.39, 0.29) is 35.8 Å². The number of para-hydroxylation sites is 1. The van der Waals surface area contributed by atoms with E-state index in [1.54, 1.807) is 13.0 Å². The Labute approximate surface area is 264 Å². The number of aromatic nitrogens is 1. The van der Waals surface area contributed by atoms with Crippen LogP contribution in [-0.2, 0) is 33.9 Å². The van der Waals surface area contributed by atoms with E-state index in [1.165, 1.54) is 44.6 Å². The largest absolute Gasteiger partial charge is 0.459 e. The molecule has 6 heteroatoms. The normalized spacial score (nSPS) is 28.3. The van der Waals surface area contributed by atoms with Gasteiger partial charge in [-0.3, -0.25) is 4.79 Å². The summed E-state index contributed by atoms with van der Waals surface area (Å²) in [6, 6.07) is 23.9. The molecule has 0 N–H and O–H groups in total. The van der Waals surface area contributed by atoms with Gasteiger partial charge in [-0.05, 0) is 91.4 Å². The maximum atomic E-state index is 15.2. The summed E-state index contributed by atoms with van der Waals surface area (Å²) in [5.74, 6) is 1.59. The SMILES string of the molecule is CC(=O)N1[C@H](CC23CC4CC(CC(C4)C2)C3)c2c(c3ccccc3n2Cc2ccccc2F)C[C@H]1C(=O)OCc1ccccc1. The lowest BCUT2D eigenvalue weighted by atomic mass is 9.48. The van der Waals surface area contributed by atoms with Crippen molar-refractivity contribution in [1.29, 1.82) is 0 Å². The molecule has 232 valence electrons. The van der Waals surface area contributed by atoms with Crippen LogP contribution in [-0.4, -0.2) is 27.4 Å². The van der Waals surface area contributed by atoms with Crippen LogP contribution >= 0.6 is 0 Å². The Morgan fingerprint density at radius 2 is 1.51 bits per heavy atom. The topological polar surface area (TPSA) is 51.5 Å². The molecule has 9 rings (SSSR count). The van der Waals surface area contributed by atoms with Crippen molar-refractivity contribution in [1.82, 2.24) is 9.47 Å². The first-order valence-corrected chi connectivity index (χ1v) is 16.7. The summed E-state index contributed by atoms with van der Waals surface area (Å²) in [6.07, 6.45) is 8.84. The van der Waals surface area contributed by atoms with Gasteiger partial charge in [-0.2, -0.15) is 0 Å². The van der Waals surface area contributed by atoms with Crippen LogP contribution in [0.25, 0.3) is 10.9 Å². The maximum Gasteiger partial charge on any atom is 0.329 e. The molecular formula is C39H41FN2O3. The minimum atomic E-state index is -0.717. The van der Waals surface area contributed by atoms with Gasteiger partial charge < -0.3 is 14.2 Å². The molecule has 5 nitrogen and oxygen atoms in total. The molecule has 2 atom stereocenters. The molecule has 3 aromatic carbocycles. The third-order valence-electron chi connectivity index (χ3n) is 11.4. The molecule has 4 saturated carbocycles. The van der Waals surface area contributed by atoms with Crippen LogP contribution in [0.15, 0.2) is 78.9 Å². The van der Waals surface area contributed by atoms with Crippen LogP contribution in [0.3, 0.4) is 0 Å². The Balaban J connectivity index is 1.25. The zero-order valence-electron chi connectivity index (χ0n) is 26.0. The molecule has 0 saturated heterocycles. The predicted molar refractivity (Wildman–Crippen MR) is 172 cm³/mol. The molecule has 0 unspecified atom stereocenters. The van der Waals surface area contributed by atoms with Crippen LogP contribution in [0.2, 0.25) is 0 Å². The van der Waals surface area contributed by atoms with Gasteiger partial charge in [0.2, 0.25) is 5.91 Å². The number of ether oxygens (including phenoxy) is 1. The quantitative estimate of drug-likeness (QED) is 0.201. The second-order valence-corrected chi connectivity index (χ2v) is 14.4. The molecule has 4 fully saturated rings. The number of fused-ring (bicyclic) bond motifs is 3. The third kappa shape index (κ3) is 5.07. The van der Waals surface area contributed by atoms with Gasteiger partial charge in [-0.25, -0.2) is 9.18 Å². The molecular weight excluding hydrogens is 563 g/mol. The number of halogens is 1. The van der Waals surface area contributed by atoms with E-state index in [4.69, 9.17) is 4.74 Å².